The number of hydrogen-bond acceptors (Lipinski definition) is 7. The number of aromatic nitrogens is 4. The molecule has 2 aromatic heterocycles. The van der Waals surface area contributed by atoms with Gasteiger partial charge in [0.2, 0.25) is 0 Å². The van der Waals surface area contributed by atoms with Gasteiger partial charge in [-0.3, -0.25) is 4.79 Å². The minimum absolute atomic E-state index is 0.0652. The Labute approximate surface area is 169 Å². The predicted octanol–water partition coefficient (Wildman–Crippen LogP) is 1.89. The molecule has 2 heterocycles. The van der Waals surface area contributed by atoms with Crippen LogP contribution in [-0.4, -0.2) is 52.7 Å². The molecule has 0 aliphatic rings. The Kier molecular flexibility index (Phi) is 6.62. The number of ether oxygens (including phenoxy) is 2. The van der Waals surface area contributed by atoms with Gasteiger partial charge in [0.25, 0.3) is 5.91 Å². The lowest BCUT2D eigenvalue weighted by molar-refractivity contribution is -0.123. The molecule has 0 radical (unpaired) electrons. The summed E-state index contributed by atoms with van der Waals surface area (Å²) in [6, 6.07) is 12.8. The molecule has 3 aromatic rings. The lowest BCUT2D eigenvalue weighted by Crippen LogP contribution is -2.32. The maximum Gasteiger partial charge on any atom is 0.258 e. The number of anilines is 1. The van der Waals surface area contributed by atoms with Crippen molar-refractivity contribution in [3.63, 3.8) is 0 Å². The highest BCUT2D eigenvalue weighted by Crippen LogP contribution is 2.18. The second-order valence-corrected chi connectivity index (χ2v) is 6.36. The van der Waals surface area contributed by atoms with Crippen LogP contribution >= 0.6 is 0 Å². The van der Waals surface area contributed by atoms with Crippen molar-refractivity contribution >= 4 is 11.7 Å². The van der Waals surface area contributed by atoms with Crippen molar-refractivity contribution in [1.82, 2.24) is 25.3 Å². The molecule has 3 rings (SSSR count). The highest BCUT2D eigenvalue weighted by Gasteiger charge is 2.06. The summed E-state index contributed by atoms with van der Waals surface area (Å²) in [4.78, 5) is 11.9. The van der Waals surface area contributed by atoms with Crippen LogP contribution < -0.4 is 20.1 Å². The molecular formula is C20H24N6O3. The van der Waals surface area contributed by atoms with E-state index in [4.69, 9.17) is 9.47 Å². The molecule has 1 aromatic carbocycles. The Morgan fingerprint density at radius 2 is 1.90 bits per heavy atom. The number of rotatable bonds is 9. The topological polar surface area (TPSA) is 103 Å². The van der Waals surface area contributed by atoms with Crippen LogP contribution in [0.2, 0.25) is 0 Å². The van der Waals surface area contributed by atoms with Crippen molar-refractivity contribution in [2.75, 3.05) is 32.1 Å². The van der Waals surface area contributed by atoms with Gasteiger partial charge in [-0.25, -0.2) is 4.68 Å². The van der Waals surface area contributed by atoms with Gasteiger partial charge >= 0.3 is 0 Å². The van der Waals surface area contributed by atoms with Gasteiger partial charge in [-0.1, -0.05) is 6.07 Å². The molecule has 0 aliphatic heterocycles. The zero-order chi connectivity index (χ0) is 20.6. The molecular weight excluding hydrogens is 372 g/mol. The van der Waals surface area contributed by atoms with Crippen molar-refractivity contribution < 1.29 is 14.3 Å². The molecule has 0 fully saturated rings. The molecule has 29 heavy (non-hydrogen) atoms. The maximum absolute atomic E-state index is 11.9. The summed E-state index contributed by atoms with van der Waals surface area (Å²) in [7, 11) is 1.58. The number of methoxy groups -OCH3 is 1. The summed E-state index contributed by atoms with van der Waals surface area (Å²) in [6.07, 6.45) is 0. The Hall–Kier alpha value is -3.62. The average Bonchev–Trinajstić information content (AvgIpc) is 3.08. The van der Waals surface area contributed by atoms with Crippen LogP contribution in [0.3, 0.4) is 0 Å². The van der Waals surface area contributed by atoms with Crippen LogP contribution in [0.1, 0.15) is 11.4 Å². The van der Waals surface area contributed by atoms with E-state index in [9.17, 15) is 4.79 Å². The third-order valence-corrected chi connectivity index (χ3v) is 4.04. The van der Waals surface area contributed by atoms with Crippen LogP contribution in [0.5, 0.6) is 11.5 Å². The second-order valence-electron chi connectivity index (χ2n) is 6.36. The molecule has 0 atom stereocenters. The molecule has 0 saturated heterocycles. The van der Waals surface area contributed by atoms with Crippen LogP contribution in [0.25, 0.3) is 5.82 Å². The molecule has 0 aliphatic carbocycles. The van der Waals surface area contributed by atoms with Crippen molar-refractivity contribution in [3.05, 3.63) is 53.9 Å². The van der Waals surface area contributed by atoms with Gasteiger partial charge in [0, 0.05) is 24.8 Å². The van der Waals surface area contributed by atoms with E-state index in [1.54, 1.807) is 30.0 Å². The van der Waals surface area contributed by atoms with Crippen LogP contribution in [0, 0.1) is 13.8 Å². The first-order chi connectivity index (χ1) is 14.0. The highest BCUT2D eigenvalue weighted by molar-refractivity contribution is 5.77. The standard InChI is InChI=1S/C20H24N6O3/c1-14-11-15(2)26(25-14)19-8-7-18(23-24-19)21-9-10-22-20(27)13-29-17-6-4-5-16(12-17)28-3/h4-8,11-12H,9-10,13H2,1-3H3,(H,21,23)(H,22,27). The monoisotopic (exact) mass is 396 g/mol. The Morgan fingerprint density at radius 1 is 1.07 bits per heavy atom. The molecule has 1 amide bonds. The van der Waals surface area contributed by atoms with E-state index in [1.807, 2.05) is 38.1 Å². The minimum atomic E-state index is -0.208. The molecule has 152 valence electrons. The number of nitrogens with one attached hydrogen (secondary N) is 2. The van der Waals surface area contributed by atoms with E-state index >= 15 is 0 Å². The lowest BCUT2D eigenvalue weighted by atomic mass is 10.3. The second kappa shape index (κ2) is 9.54. The fourth-order valence-corrected chi connectivity index (χ4v) is 2.68. The largest absolute Gasteiger partial charge is 0.497 e. The van der Waals surface area contributed by atoms with Gasteiger partial charge in [0.05, 0.1) is 12.8 Å². The van der Waals surface area contributed by atoms with E-state index in [0.717, 1.165) is 11.4 Å². The van der Waals surface area contributed by atoms with Crippen molar-refractivity contribution in [2.24, 2.45) is 0 Å². The van der Waals surface area contributed by atoms with Gasteiger partial charge in [-0.2, -0.15) is 5.10 Å². The van der Waals surface area contributed by atoms with E-state index in [2.05, 4.69) is 25.9 Å². The van der Waals surface area contributed by atoms with Gasteiger partial charge in [0.1, 0.15) is 17.3 Å². The Balaban J connectivity index is 1.38. The fraction of sp³-hybridized carbons (Fsp3) is 0.300. The molecule has 9 heteroatoms. The number of aryl methyl sites for hydroxylation is 2. The first-order valence-electron chi connectivity index (χ1n) is 9.20. The van der Waals surface area contributed by atoms with E-state index in [1.165, 1.54) is 0 Å². The van der Waals surface area contributed by atoms with Crippen LogP contribution in [0.15, 0.2) is 42.5 Å². The smallest absolute Gasteiger partial charge is 0.258 e. The average molecular weight is 396 g/mol. The van der Waals surface area contributed by atoms with Gasteiger partial charge in [-0.05, 0) is 44.2 Å². The summed E-state index contributed by atoms with van der Waals surface area (Å²) in [5.41, 5.74) is 1.93. The van der Waals surface area contributed by atoms with Crippen molar-refractivity contribution in [3.8, 4) is 17.3 Å². The SMILES string of the molecule is COc1cccc(OCC(=O)NCCNc2ccc(-n3nc(C)cc3C)nn2)c1. The van der Waals surface area contributed by atoms with Gasteiger partial charge < -0.3 is 20.1 Å². The number of benzene rings is 1. The molecule has 9 nitrogen and oxygen atoms in total. The van der Waals surface area contributed by atoms with Crippen molar-refractivity contribution in [2.45, 2.75) is 13.8 Å². The molecule has 0 saturated carbocycles. The minimum Gasteiger partial charge on any atom is -0.497 e. The number of nitrogens with zero attached hydrogens (tertiary/aromatic N) is 4. The summed E-state index contributed by atoms with van der Waals surface area (Å²) in [6.45, 7) is 4.78. The number of amides is 1. The summed E-state index contributed by atoms with van der Waals surface area (Å²) >= 11 is 0. The van der Waals surface area contributed by atoms with E-state index in [-0.39, 0.29) is 12.5 Å². The highest BCUT2D eigenvalue weighted by atomic mass is 16.5. The normalized spacial score (nSPS) is 10.4. The Bertz CT molecular complexity index is 955. The van der Waals surface area contributed by atoms with Crippen LogP contribution in [0.4, 0.5) is 5.82 Å². The maximum atomic E-state index is 11.9. The third kappa shape index (κ3) is 5.68. The van der Waals surface area contributed by atoms with Crippen LogP contribution in [-0.2, 0) is 4.79 Å². The zero-order valence-corrected chi connectivity index (χ0v) is 16.7. The van der Waals surface area contributed by atoms with Gasteiger partial charge in [-0.15, -0.1) is 10.2 Å². The fourth-order valence-electron chi connectivity index (χ4n) is 2.68. The summed E-state index contributed by atoms with van der Waals surface area (Å²) in [5.74, 6) is 2.33. The third-order valence-electron chi connectivity index (χ3n) is 4.04. The zero-order valence-electron chi connectivity index (χ0n) is 16.7. The first-order valence-corrected chi connectivity index (χ1v) is 9.20. The predicted molar refractivity (Wildman–Crippen MR) is 109 cm³/mol. The van der Waals surface area contributed by atoms with Crippen molar-refractivity contribution in [1.29, 1.82) is 0 Å². The first kappa shape index (κ1) is 20.1. The van der Waals surface area contributed by atoms with E-state index in [0.29, 0.717) is 36.2 Å². The quantitative estimate of drug-likeness (QED) is 0.533. The summed E-state index contributed by atoms with van der Waals surface area (Å²) in [5, 5.41) is 18.6. The molecule has 2 N–H and O–H groups in total. The molecule has 0 spiro atoms. The molecule has 0 unspecified atom stereocenters. The summed E-state index contributed by atoms with van der Waals surface area (Å²) < 4.78 is 12.3. The lowest BCUT2D eigenvalue weighted by Gasteiger charge is -2.09. The van der Waals surface area contributed by atoms with Gasteiger partial charge in [0.15, 0.2) is 12.4 Å². The number of hydrogen-bond donors (Lipinski definition) is 2. The van der Waals surface area contributed by atoms with E-state index < -0.39 is 0 Å². The Morgan fingerprint density at radius 3 is 2.59 bits per heavy atom. The number of carbonyl (C=O) groups excluding carboxylic acids is 1. The number of carbonyl (C=O) groups is 1. The molecule has 0 bridgehead atoms.